The number of benzene rings is 2. The minimum atomic E-state index is -0.0451. The molecule has 7 heteroatoms. The van der Waals surface area contributed by atoms with Crippen LogP contribution in [-0.2, 0) is 4.79 Å². The van der Waals surface area contributed by atoms with Crippen LogP contribution in [0.5, 0.6) is 0 Å². The van der Waals surface area contributed by atoms with Crippen molar-refractivity contribution in [1.29, 1.82) is 0 Å². The summed E-state index contributed by atoms with van der Waals surface area (Å²) in [6.07, 6.45) is 0. The summed E-state index contributed by atoms with van der Waals surface area (Å²) in [5.41, 5.74) is 2.03. The number of H-pyrrole nitrogens is 1. The second kappa shape index (κ2) is 8.31. The van der Waals surface area contributed by atoms with Gasteiger partial charge in [-0.05, 0) is 24.6 Å². The number of rotatable bonds is 6. The van der Waals surface area contributed by atoms with Gasteiger partial charge in [0.25, 0.3) is 0 Å². The van der Waals surface area contributed by atoms with E-state index >= 15 is 0 Å². The molecule has 0 spiro atoms. The average molecular weight is 417 g/mol. The van der Waals surface area contributed by atoms with Gasteiger partial charge in [-0.15, -0.1) is 5.10 Å². The summed E-state index contributed by atoms with van der Waals surface area (Å²) in [6.45, 7) is 1.97. The molecule has 128 valence electrons. The number of halogens is 1. The third-order valence-electron chi connectivity index (χ3n) is 3.59. The molecule has 3 rings (SSSR count). The molecule has 1 aromatic heterocycles. The lowest BCUT2D eigenvalue weighted by Crippen LogP contribution is -2.28. The van der Waals surface area contributed by atoms with Gasteiger partial charge >= 0.3 is 0 Å². The fraction of sp³-hybridized carbons (Fsp3) is 0.167. The molecule has 3 aromatic rings. The summed E-state index contributed by atoms with van der Waals surface area (Å²) >= 11 is 4.72. The van der Waals surface area contributed by atoms with Crippen LogP contribution in [0.2, 0.25) is 0 Å². The van der Waals surface area contributed by atoms with E-state index in [0.717, 1.165) is 15.6 Å². The minimum absolute atomic E-state index is 0.0280. The Morgan fingerprint density at radius 2 is 1.92 bits per heavy atom. The van der Waals surface area contributed by atoms with Crippen LogP contribution in [0.3, 0.4) is 0 Å². The Morgan fingerprint density at radius 3 is 2.64 bits per heavy atom. The number of hydrogen-bond donors (Lipinski definition) is 2. The van der Waals surface area contributed by atoms with Crippen LogP contribution in [0, 0.1) is 0 Å². The lowest BCUT2D eigenvalue weighted by Gasteiger charge is -2.13. The van der Waals surface area contributed by atoms with Gasteiger partial charge in [-0.25, -0.2) is 4.98 Å². The van der Waals surface area contributed by atoms with Crippen molar-refractivity contribution in [2.24, 2.45) is 0 Å². The van der Waals surface area contributed by atoms with Crippen molar-refractivity contribution in [1.82, 2.24) is 20.5 Å². The zero-order chi connectivity index (χ0) is 17.6. The number of nitrogens with zero attached hydrogens (tertiary/aromatic N) is 2. The van der Waals surface area contributed by atoms with Crippen molar-refractivity contribution in [2.45, 2.75) is 18.1 Å². The molecule has 5 nitrogen and oxygen atoms in total. The van der Waals surface area contributed by atoms with Gasteiger partial charge in [-0.1, -0.05) is 70.2 Å². The Kier molecular flexibility index (Phi) is 5.88. The molecule has 0 unspecified atom stereocenters. The quantitative estimate of drug-likeness (QED) is 0.590. The fourth-order valence-electron chi connectivity index (χ4n) is 2.29. The van der Waals surface area contributed by atoms with Gasteiger partial charge in [0, 0.05) is 10.0 Å². The van der Waals surface area contributed by atoms with E-state index in [1.165, 1.54) is 11.8 Å². The van der Waals surface area contributed by atoms with Crippen molar-refractivity contribution in [2.75, 3.05) is 5.75 Å². The second-order valence-electron chi connectivity index (χ2n) is 5.46. The van der Waals surface area contributed by atoms with E-state index < -0.39 is 0 Å². The standard InChI is InChI=1S/C18H17BrN4OS/c1-12(13-5-3-2-4-6-13)20-16(24)11-25-18-21-17(22-23-18)14-7-9-15(19)10-8-14/h2-10,12H,11H2,1H3,(H,20,24)(H,21,22,23)/t12-/m0/s1. The van der Waals surface area contributed by atoms with Crippen LogP contribution in [0.1, 0.15) is 18.5 Å². The predicted molar refractivity (Wildman–Crippen MR) is 103 cm³/mol. The molecule has 0 aliphatic carbocycles. The number of amides is 1. The van der Waals surface area contributed by atoms with Gasteiger partial charge in [0.2, 0.25) is 11.1 Å². The first-order valence-electron chi connectivity index (χ1n) is 7.77. The molecule has 0 saturated carbocycles. The Balaban J connectivity index is 1.53. The highest BCUT2D eigenvalue weighted by Crippen LogP contribution is 2.21. The summed E-state index contributed by atoms with van der Waals surface area (Å²) < 4.78 is 1.01. The molecule has 2 N–H and O–H groups in total. The third-order valence-corrected chi connectivity index (χ3v) is 4.97. The van der Waals surface area contributed by atoms with E-state index in [-0.39, 0.29) is 17.7 Å². The number of carbonyl (C=O) groups is 1. The highest BCUT2D eigenvalue weighted by Gasteiger charge is 2.12. The Morgan fingerprint density at radius 1 is 1.20 bits per heavy atom. The van der Waals surface area contributed by atoms with Gasteiger partial charge in [0.15, 0.2) is 5.82 Å². The molecule has 0 radical (unpaired) electrons. The topological polar surface area (TPSA) is 70.7 Å². The Hall–Kier alpha value is -2.12. The zero-order valence-corrected chi connectivity index (χ0v) is 16.0. The van der Waals surface area contributed by atoms with E-state index in [2.05, 4.69) is 36.4 Å². The number of aromatic nitrogens is 3. The molecular weight excluding hydrogens is 400 g/mol. The monoisotopic (exact) mass is 416 g/mol. The van der Waals surface area contributed by atoms with E-state index in [0.29, 0.717) is 11.0 Å². The number of carbonyl (C=O) groups excluding carboxylic acids is 1. The molecule has 1 heterocycles. The lowest BCUT2D eigenvalue weighted by atomic mass is 10.1. The molecule has 2 aromatic carbocycles. The summed E-state index contributed by atoms with van der Waals surface area (Å²) in [7, 11) is 0. The average Bonchev–Trinajstić information content (AvgIpc) is 3.10. The number of thioether (sulfide) groups is 1. The summed E-state index contributed by atoms with van der Waals surface area (Å²) in [5, 5.41) is 10.6. The SMILES string of the molecule is C[C@H](NC(=O)CSc1n[nH]c(-c2ccc(Br)cc2)n1)c1ccccc1. The first kappa shape index (κ1) is 17.7. The molecule has 0 saturated heterocycles. The van der Waals surface area contributed by atoms with Gasteiger partial charge in [-0.3, -0.25) is 9.89 Å². The summed E-state index contributed by atoms with van der Waals surface area (Å²) in [6, 6.07) is 17.6. The van der Waals surface area contributed by atoms with Crippen molar-refractivity contribution in [3.8, 4) is 11.4 Å². The lowest BCUT2D eigenvalue weighted by molar-refractivity contribution is -0.119. The van der Waals surface area contributed by atoms with Gasteiger partial charge < -0.3 is 5.32 Å². The maximum absolute atomic E-state index is 12.1. The summed E-state index contributed by atoms with van der Waals surface area (Å²) in [5.74, 6) is 0.916. The van der Waals surface area contributed by atoms with Crippen LogP contribution in [-0.4, -0.2) is 26.8 Å². The highest BCUT2D eigenvalue weighted by molar-refractivity contribution is 9.10. The zero-order valence-electron chi connectivity index (χ0n) is 13.6. The minimum Gasteiger partial charge on any atom is -0.349 e. The van der Waals surface area contributed by atoms with Crippen molar-refractivity contribution in [3.63, 3.8) is 0 Å². The maximum Gasteiger partial charge on any atom is 0.230 e. The second-order valence-corrected chi connectivity index (χ2v) is 7.32. The fourth-order valence-corrected chi connectivity index (χ4v) is 3.16. The molecule has 0 bridgehead atoms. The van der Waals surface area contributed by atoms with Crippen LogP contribution < -0.4 is 5.32 Å². The van der Waals surface area contributed by atoms with E-state index in [1.54, 1.807) is 0 Å². The van der Waals surface area contributed by atoms with Crippen molar-refractivity contribution < 1.29 is 4.79 Å². The van der Waals surface area contributed by atoms with Crippen LogP contribution in [0.4, 0.5) is 0 Å². The third kappa shape index (κ3) is 4.93. The van der Waals surface area contributed by atoms with Crippen molar-refractivity contribution in [3.05, 3.63) is 64.6 Å². The normalized spacial score (nSPS) is 11.9. The molecular formula is C18H17BrN4OS. The van der Waals surface area contributed by atoms with Crippen LogP contribution >= 0.6 is 27.7 Å². The van der Waals surface area contributed by atoms with E-state index in [4.69, 9.17) is 0 Å². The van der Waals surface area contributed by atoms with Gasteiger partial charge in [0.1, 0.15) is 0 Å². The molecule has 1 amide bonds. The first-order chi connectivity index (χ1) is 12.1. The smallest absolute Gasteiger partial charge is 0.230 e. The largest absolute Gasteiger partial charge is 0.349 e. The van der Waals surface area contributed by atoms with Gasteiger partial charge in [0.05, 0.1) is 11.8 Å². The van der Waals surface area contributed by atoms with E-state index in [1.807, 2.05) is 61.5 Å². The molecule has 25 heavy (non-hydrogen) atoms. The molecule has 1 atom stereocenters. The molecule has 0 fully saturated rings. The van der Waals surface area contributed by atoms with Gasteiger partial charge in [-0.2, -0.15) is 0 Å². The van der Waals surface area contributed by atoms with Crippen molar-refractivity contribution >= 4 is 33.6 Å². The molecule has 0 aliphatic heterocycles. The first-order valence-corrected chi connectivity index (χ1v) is 9.55. The van der Waals surface area contributed by atoms with Crippen LogP contribution in [0.25, 0.3) is 11.4 Å². The molecule has 0 aliphatic rings. The number of nitrogens with one attached hydrogen (secondary N) is 2. The maximum atomic E-state index is 12.1. The Bertz CT molecular complexity index is 836. The predicted octanol–water partition coefficient (Wildman–Crippen LogP) is 4.20. The summed E-state index contributed by atoms with van der Waals surface area (Å²) in [4.78, 5) is 16.5. The number of aromatic amines is 1. The van der Waals surface area contributed by atoms with Crippen LogP contribution in [0.15, 0.2) is 64.2 Å². The number of hydrogen-bond acceptors (Lipinski definition) is 4. The Labute approximate surface area is 158 Å². The van der Waals surface area contributed by atoms with E-state index in [9.17, 15) is 4.79 Å². The highest BCUT2D eigenvalue weighted by atomic mass is 79.9.